The number of imidazole rings is 1. The molecule has 2 heterocycles. The molecule has 1 aromatic carbocycles. The lowest BCUT2D eigenvalue weighted by Gasteiger charge is -2.22. The van der Waals surface area contributed by atoms with Crippen molar-refractivity contribution in [3.05, 3.63) is 30.1 Å². The van der Waals surface area contributed by atoms with Crippen LogP contribution >= 0.6 is 0 Å². The number of H-pyrrole nitrogens is 1. The molecule has 0 bridgehead atoms. The second-order valence-electron chi connectivity index (χ2n) is 4.22. The topological polar surface area (TPSA) is 40.7 Å². The molecule has 1 aliphatic heterocycles. The predicted octanol–water partition coefficient (Wildman–Crippen LogP) is 2.03. The van der Waals surface area contributed by atoms with Crippen molar-refractivity contribution in [2.45, 2.75) is 18.8 Å². The zero-order valence-corrected chi connectivity index (χ0v) is 8.66. The Balaban J connectivity index is 1.95. The van der Waals surface area contributed by atoms with Crippen molar-refractivity contribution in [3.8, 4) is 0 Å². The van der Waals surface area contributed by atoms with Gasteiger partial charge in [-0.2, -0.15) is 0 Å². The Morgan fingerprint density at radius 1 is 1.33 bits per heavy atom. The molecule has 0 amide bonds. The lowest BCUT2D eigenvalue weighted by Crippen LogP contribution is -2.28. The van der Waals surface area contributed by atoms with E-state index in [-0.39, 0.29) is 0 Å². The summed E-state index contributed by atoms with van der Waals surface area (Å²) in [6.45, 7) is 2.28. The standard InChI is InChI=1S/C12H15N3/c1-2-10(7-13-5-1)9-3-4-11-12(6-9)15-8-14-11/h3-4,6,8,10,13H,1-2,5,7H2,(H,14,15). The lowest BCUT2D eigenvalue weighted by molar-refractivity contribution is 0.462. The van der Waals surface area contributed by atoms with Gasteiger partial charge in [0.1, 0.15) is 0 Å². The number of benzene rings is 1. The number of aromatic amines is 1. The van der Waals surface area contributed by atoms with E-state index in [2.05, 4.69) is 33.5 Å². The molecule has 0 aliphatic carbocycles. The van der Waals surface area contributed by atoms with Gasteiger partial charge in [-0.3, -0.25) is 0 Å². The Kier molecular flexibility index (Phi) is 2.18. The van der Waals surface area contributed by atoms with Gasteiger partial charge in [0.25, 0.3) is 0 Å². The minimum absolute atomic E-state index is 0.673. The van der Waals surface area contributed by atoms with Crippen LogP contribution in [0.4, 0.5) is 0 Å². The number of nitrogens with one attached hydrogen (secondary N) is 2. The molecule has 1 aliphatic rings. The zero-order chi connectivity index (χ0) is 10.1. The molecular weight excluding hydrogens is 186 g/mol. The maximum Gasteiger partial charge on any atom is 0.0931 e. The number of nitrogens with zero attached hydrogens (tertiary/aromatic N) is 1. The van der Waals surface area contributed by atoms with Gasteiger partial charge in [0, 0.05) is 6.54 Å². The third-order valence-electron chi connectivity index (χ3n) is 3.21. The van der Waals surface area contributed by atoms with E-state index in [4.69, 9.17) is 0 Å². The monoisotopic (exact) mass is 201 g/mol. The van der Waals surface area contributed by atoms with Crippen LogP contribution in [0.1, 0.15) is 24.3 Å². The number of hydrogen-bond donors (Lipinski definition) is 2. The van der Waals surface area contributed by atoms with E-state index in [1.54, 1.807) is 6.33 Å². The molecule has 1 atom stereocenters. The van der Waals surface area contributed by atoms with Crippen LogP contribution in [0.15, 0.2) is 24.5 Å². The van der Waals surface area contributed by atoms with E-state index in [0.29, 0.717) is 5.92 Å². The average Bonchev–Trinajstić information content (AvgIpc) is 2.77. The van der Waals surface area contributed by atoms with E-state index >= 15 is 0 Å². The maximum absolute atomic E-state index is 4.23. The van der Waals surface area contributed by atoms with Gasteiger partial charge in [-0.25, -0.2) is 4.98 Å². The van der Waals surface area contributed by atoms with Crippen LogP contribution < -0.4 is 5.32 Å². The summed E-state index contributed by atoms with van der Waals surface area (Å²) in [5.74, 6) is 0.673. The summed E-state index contributed by atoms with van der Waals surface area (Å²) in [5, 5.41) is 3.45. The quantitative estimate of drug-likeness (QED) is 0.741. The molecule has 1 unspecified atom stereocenters. The minimum atomic E-state index is 0.673. The Bertz CT molecular complexity index is 455. The minimum Gasteiger partial charge on any atom is -0.345 e. The Hall–Kier alpha value is -1.35. The van der Waals surface area contributed by atoms with E-state index in [1.807, 2.05) is 0 Å². The molecule has 0 radical (unpaired) electrons. The van der Waals surface area contributed by atoms with E-state index in [0.717, 1.165) is 17.6 Å². The zero-order valence-electron chi connectivity index (χ0n) is 8.66. The van der Waals surface area contributed by atoms with Crippen LogP contribution in [0.3, 0.4) is 0 Å². The number of rotatable bonds is 1. The average molecular weight is 201 g/mol. The summed E-state index contributed by atoms with van der Waals surface area (Å²) >= 11 is 0. The van der Waals surface area contributed by atoms with Crippen molar-refractivity contribution in [1.29, 1.82) is 0 Å². The smallest absolute Gasteiger partial charge is 0.0931 e. The Morgan fingerprint density at radius 2 is 2.33 bits per heavy atom. The lowest BCUT2D eigenvalue weighted by atomic mass is 9.91. The van der Waals surface area contributed by atoms with Gasteiger partial charge < -0.3 is 10.3 Å². The van der Waals surface area contributed by atoms with Crippen molar-refractivity contribution in [3.63, 3.8) is 0 Å². The van der Waals surface area contributed by atoms with Gasteiger partial charge >= 0.3 is 0 Å². The first-order valence-electron chi connectivity index (χ1n) is 5.57. The van der Waals surface area contributed by atoms with Crippen LogP contribution in [0.25, 0.3) is 11.0 Å². The van der Waals surface area contributed by atoms with Crippen molar-refractivity contribution in [2.24, 2.45) is 0 Å². The van der Waals surface area contributed by atoms with Gasteiger partial charge in [-0.15, -0.1) is 0 Å². The van der Waals surface area contributed by atoms with Gasteiger partial charge in [0.15, 0.2) is 0 Å². The first kappa shape index (κ1) is 8.92. The molecule has 3 rings (SSSR count). The highest BCUT2D eigenvalue weighted by molar-refractivity contribution is 5.75. The summed E-state index contributed by atoms with van der Waals surface area (Å²) in [7, 11) is 0. The summed E-state index contributed by atoms with van der Waals surface area (Å²) in [6, 6.07) is 6.55. The normalized spacial score (nSPS) is 22.0. The van der Waals surface area contributed by atoms with Gasteiger partial charge in [-0.1, -0.05) is 6.07 Å². The third-order valence-corrected chi connectivity index (χ3v) is 3.21. The number of aromatic nitrogens is 2. The molecule has 78 valence electrons. The van der Waals surface area contributed by atoms with Crippen LogP contribution in [0, 0.1) is 0 Å². The molecule has 3 nitrogen and oxygen atoms in total. The third kappa shape index (κ3) is 1.63. The first-order chi connectivity index (χ1) is 7.43. The van der Waals surface area contributed by atoms with E-state index in [9.17, 15) is 0 Å². The van der Waals surface area contributed by atoms with E-state index in [1.165, 1.54) is 24.9 Å². The Morgan fingerprint density at radius 3 is 3.20 bits per heavy atom. The number of fused-ring (bicyclic) bond motifs is 1. The van der Waals surface area contributed by atoms with E-state index < -0.39 is 0 Å². The number of piperidine rings is 1. The summed E-state index contributed by atoms with van der Waals surface area (Å²) < 4.78 is 0. The second-order valence-corrected chi connectivity index (χ2v) is 4.22. The van der Waals surface area contributed by atoms with Crippen LogP contribution in [0.5, 0.6) is 0 Å². The molecule has 1 saturated heterocycles. The Labute approximate surface area is 88.9 Å². The van der Waals surface area contributed by atoms with Gasteiger partial charge in [0.2, 0.25) is 0 Å². The summed E-state index contributed by atoms with van der Waals surface area (Å²) in [5.41, 5.74) is 3.64. The molecule has 3 heteroatoms. The molecule has 2 aromatic rings. The molecule has 0 saturated carbocycles. The van der Waals surface area contributed by atoms with Crippen molar-refractivity contribution < 1.29 is 0 Å². The van der Waals surface area contributed by atoms with Crippen LogP contribution in [-0.2, 0) is 0 Å². The fourth-order valence-electron chi connectivity index (χ4n) is 2.34. The predicted molar refractivity (Wildman–Crippen MR) is 60.9 cm³/mol. The number of hydrogen-bond acceptors (Lipinski definition) is 2. The molecular formula is C12H15N3. The summed E-state index contributed by atoms with van der Waals surface area (Å²) in [6.07, 6.45) is 4.34. The second kappa shape index (κ2) is 3.66. The van der Waals surface area contributed by atoms with Crippen molar-refractivity contribution in [1.82, 2.24) is 15.3 Å². The maximum atomic E-state index is 4.23. The SMILES string of the molecule is c1nc2ccc(C3CCCNC3)cc2[nH]1. The van der Waals surface area contributed by atoms with Crippen LogP contribution in [0.2, 0.25) is 0 Å². The van der Waals surface area contributed by atoms with Gasteiger partial charge in [-0.05, 0) is 43.0 Å². The molecule has 2 N–H and O–H groups in total. The highest BCUT2D eigenvalue weighted by Gasteiger charge is 2.15. The molecule has 15 heavy (non-hydrogen) atoms. The molecule has 1 aromatic heterocycles. The highest BCUT2D eigenvalue weighted by atomic mass is 14.9. The van der Waals surface area contributed by atoms with Gasteiger partial charge in [0.05, 0.1) is 17.4 Å². The first-order valence-corrected chi connectivity index (χ1v) is 5.57. The molecule has 1 fully saturated rings. The van der Waals surface area contributed by atoms with Crippen molar-refractivity contribution in [2.75, 3.05) is 13.1 Å². The fourth-order valence-corrected chi connectivity index (χ4v) is 2.34. The largest absolute Gasteiger partial charge is 0.345 e. The highest BCUT2D eigenvalue weighted by Crippen LogP contribution is 2.25. The van der Waals surface area contributed by atoms with Crippen molar-refractivity contribution >= 4 is 11.0 Å². The fraction of sp³-hybridized carbons (Fsp3) is 0.417. The molecule has 0 spiro atoms. The van der Waals surface area contributed by atoms with Crippen LogP contribution in [-0.4, -0.2) is 23.1 Å². The summed E-state index contributed by atoms with van der Waals surface area (Å²) in [4.78, 5) is 7.40.